The molecule has 0 bridgehead atoms. The standard InChI is InChI=1S/C19H17BrN2O8/c20-13-2-1-3-14(7-13)28-9-17(23)22-21-8-12-4-5-15(29-10-18(24)25)16(6-12)30-11-19(26)27/h1-8H,9-11H2,(H,22,23)(H,24,25)(H,26,27)/b21-8+. The van der Waals surface area contributed by atoms with E-state index in [9.17, 15) is 14.4 Å². The maximum Gasteiger partial charge on any atom is 0.341 e. The highest BCUT2D eigenvalue weighted by molar-refractivity contribution is 9.10. The number of hydrazone groups is 1. The minimum Gasteiger partial charge on any atom is -0.484 e. The van der Waals surface area contributed by atoms with Crippen LogP contribution in [0.15, 0.2) is 52.0 Å². The van der Waals surface area contributed by atoms with Crippen molar-refractivity contribution in [1.82, 2.24) is 5.43 Å². The van der Waals surface area contributed by atoms with Gasteiger partial charge in [0.25, 0.3) is 5.91 Å². The van der Waals surface area contributed by atoms with Crippen LogP contribution in [0.5, 0.6) is 17.2 Å². The van der Waals surface area contributed by atoms with Gasteiger partial charge >= 0.3 is 11.9 Å². The fourth-order valence-electron chi connectivity index (χ4n) is 2.03. The third kappa shape index (κ3) is 8.19. The quantitative estimate of drug-likeness (QED) is 0.326. The van der Waals surface area contributed by atoms with E-state index in [-0.39, 0.29) is 18.1 Å². The Hall–Kier alpha value is -3.60. The van der Waals surface area contributed by atoms with Gasteiger partial charge in [0.05, 0.1) is 6.21 Å². The number of carbonyl (C=O) groups is 3. The number of benzene rings is 2. The van der Waals surface area contributed by atoms with Gasteiger partial charge < -0.3 is 24.4 Å². The van der Waals surface area contributed by atoms with E-state index in [4.69, 9.17) is 24.4 Å². The van der Waals surface area contributed by atoms with E-state index >= 15 is 0 Å². The Morgan fingerprint density at radius 3 is 2.30 bits per heavy atom. The molecular weight excluding hydrogens is 464 g/mol. The second-order valence-electron chi connectivity index (χ2n) is 5.61. The third-order valence-corrected chi connectivity index (χ3v) is 3.73. The van der Waals surface area contributed by atoms with E-state index < -0.39 is 31.1 Å². The summed E-state index contributed by atoms with van der Waals surface area (Å²) < 4.78 is 16.3. The summed E-state index contributed by atoms with van der Waals surface area (Å²) in [6.45, 7) is -1.51. The van der Waals surface area contributed by atoms with Crippen molar-refractivity contribution in [3.05, 3.63) is 52.5 Å². The number of carboxylic acids is 2. The number of halogens is 1. The first-order chi connectivity index (χ1) is 14.3. The molecule has 3 N–H and O–H groups in total. The lowest BCUT2D eigenvalue weighted by Gasteiger charge is -2.11. The second kappa shape index (κ2) is 11.4. The molecule has 0 atom stereocenters. The minimum absolute atomic E-state index is 0.0203. The molecule has 0 saturated heterocycles. The Morgan fingerprint density at radius 2 is 1.63 bits per heavy atom. The smallest absolute Gasteiger partial charge is 0.341 e. The van der Waals surface area contributed by atoms with Crippen molar-refractivity contribution in [3.8, 4) is 17.2 Å². The van der Waals surface area contributed by atoms with E-state index in [0.717, 1.165) is 4.47 Å². The third-order valence-electron chi connectivity index (χ3n) is 3.24. The van der Waals surface area contributed by atoms with E-state index in [1.54, 1.807) is 18.2 Å². The number of carboxylic acid groups (broad SMARTS) is 2. The van der Waals surface area contributed by atoms with Crippen LogP contribution in [0.3, 0.4) is 0 Å². The predicted molar refractivity (Wildman–Crippen MR) is 108 cm³/mol. The first-order valence-electron chi connectivity index (χ1n) is 8.37. The zero-order valence-corrected chi connectivity index (χ0v) is 17.0. The lowest BCUT2D eigenvalue weighted by atomic mass is 10.2. The number of hydrogen-bond acceptors (Lipinski definition) is 7. The van der Waals surface area contributed by atoms with E-state index in [1.165, 1.54) is 24.4 Å². The van der Waals surface area contributed by atoms with E-state index in [1.807, 2.05) is 6.07 Å². The largest absolute Gasteiger partial charge is 0.484 e. The van der Waals surface area contributed by atoms with Crippen molar-refractivity contribution in [2.75, 3.05) is 19.8 Å². The molecule has 0 aliphatic carbocycles. The highest BCUT2D eigenvalue weighted by atomic mass is 79.9. The minimum atomic E-state index is -1.21. The van der Waals surface area contributed by atoms with Crippen LogP contribution in [0.1, 0.15) is 5.56 Å². The zero-order valence-electron chi connectivity index (χ0n) is 15.4. The molecule has 0 aliphatic rings. The Labute approximate surface area is 179 Å². The van der Waals surface area contributed by atoms with Crippen LogP contribution in [-0.2, 0) is 14.4 Å². The first kappa shape index (κ1) is 22.7. The molecule has 0 aromatic heterocycles. The molecule has 11 heteroatoms. The molecule has 0 aliphatic heterocycles. The lowest BCUT2D eigenvalue weighted by molar-refractivity contribution is -0.140. The van der Waals surface area contributed by atoms with Gasteiger partial charge in [-0.05, 0) is 42.0 Å². The second-order valence-corrected chi connectivity index (χ2v) is 6.53. The SMILES string of the molecule is O=C(O)COc1ccc(/C=N/NC(=O)COc2cccc(Br)c2)cc1OCC(=O)O. The summed E-state index contributed by atoms with van der Waals surface area (Å²) in [4.78, 5) is 33.2. The highest BCUT2D eigenvalue weighted by Gasteiger charge is 2.10. The summed E-state index contributed by atoms with van der Waals surface area (Å²) >= 11 is 3.30. The van der Waals surface area contributed by atoms with Crippen molar-refractivity contribution in [3.63, 3.8) is 0 Å². The molecule has 1 amide bonds. The van der Waals surface area contributed by atoms with Gasteiger partial charge in [-0.2, -0.15) is 5.10 Å². The molecule has 30 heavy (non-hydrogen) atoms. The van der Waals surface area contributed by atoms with Crippen LogP contribution >= 0.6 is 15.9 Å². The van der Waals surface area contributed by atoms with Crippen molar-refractivity contribution in [2.45, 2.75) is 0 Å². The van der Waals surface area contributed by atoms with Crippen LogP contribution in [0, 0.1) is 0 Å². The van der Waals surface area contributed by atoms with Crippen LogP contribution < -0.4 is 19.6 Å². The molecule has 0 radical (unpaired) electrons. The van der Waals surface area contributed by atoms with Crippen molar-refractivity contribution < 1.29 is 38.8 Å². The van der Waals surface area contributed by atoms with Gasteiger partial charge in [0.15, 0.2) is 31.3 Å². The number of carbonyl (C=O) groups excluding carboxylic acids is 1. The van der Waals surface area contributed by atoms with Crippen molar-refractivity contribution >= 4 is 40.0 Å². The summed E-state index contributed by atoms with van der Waals surface area (Å²) in [5, 5.41) is 21.2. The lowest BCUT2D eigenvalue weighted by Crippen LogP contribution is -2.24. The number of hydrogen-bond donors (Lipinski definition) is 3. The maximum atomic E-state index is 11.8. The summed E-state index contributed by atoms with van der Waals surface area (Å²) in [6, 6.07) is 11.3. The highest BCUT2D eigenvalue weighted by Crippen LogP contribution is 2.28. The van der Waals surface area contributed by atoms with Crippen LogP contribution in [0.2, 0.25) is 0 Å². The fourth-order valence-corrected chi connectivity index (χ4v) is 2.41. The molecule has 0 heterocycles. The Bertz CT molecular complexity index is 948. The Balaban J connectivity index is 1.95. The van der Waals surface area contributed by atoms with Crippen molar-refractivity contribution in [1.29, 1.82) is 0 Å². The van der Waals surface area contributed by atoms with Gasteiger partial charge in [-0.15, -0.1) is 0 Å². The number of ether oxygens (including phenoxy) is 3. The monoisotopic (exact) mass is 480 g/mol. The summed E-state index contributed by atoms with van der Waals surface area (Å²) in [5.74, 6) is -2.31. The molecule has 2 aromatic carbocycles. The number of nitrogens with zero attached hydrogens (tertiary/aromatic N) is 1. The normalized spacial score (nSPS) is 10.4. The average molecular weight is 481 g/mol. The van der Waals surface area contributed by atoms with Gasteiger partial charge in [-0.1, -0.05) is 22.0 Å². The number of rotatable bonds is 11. The summed E-state index contributed by atoms with van der Waals surface area (Å²) in [5.41, 5.74) is 2.74. The summed E-state index contributed by atoms with van der Waals surface area (Å²) in [7, 11) is 0. The Kier molecular flexibility index (Phi) is 8.63. The zero-order chi connectivity index (χ0) is 21.9. The first-order valence-corrected chi connectivity index (χ1v) is 9.16. The molecular formula is C19H17BrN2O8. The predicted octanol–water partition coefficient (Wildman–Crippen LogP) is 1.90. The fraction of sp³-hybridized carbons (Fsp3) is 0.158. The molecule has 0 spiro atoms. The van der Waals surface area contributed by atoms with Gasteiger partial charge in [-0.25, -0.2) is 15.0 Å². The number of aliphatic carboxylic acids is 2. The molecule has 0 fully saturated rings. The van der Waals surface area contributed by atoms with Gasteiger partial charge in [0.1, 0.15) is 5.75 Å². The maximum absolute atomic E-state index is 11.8. The van der Waals surface area contributed by atoms with E-state index in [0.29, 0.717) is 11.3 Å². The van der Waals surface area contributed by atoms with Crippen molar-refractivity contribution in [2.24, 2.45) is 5.10 Å². The molecule has 0 unspecified atom stereocenters. The van der Waals surface area contributed by atoms with Crippen LogP contribution in [0.25, 0.3) is 0 Å². The Morgan fingerprint density at radius 1 is 0.933 bits per heavy atom. The molecule has 0 saturated carbocycles. The van der Waals surface area contributed by atoms with Crippen LogP contribution in [-0.4, -0.2) is 54.1 Å². The molecule has 2 rings (SSSR count). The number of amides is 1. The molecule has 158 valence electrons. The molecule has 10 nitrogen and oxygen atoms in total. The number of nitrogens with one attached hydrogen (secondary N) is 1. The van der Waals surface area contributed by atoms with Gasteiger partial charge in [-0.3, -0.25) is 4.79 Å². The average Bonchev–Trinajstić information content (AvgIpc) is 2.70. The van der Waals surface area contributed by atoms with Gasteiger partial charge in [0.2, 0.25) is 0 Å². The topological polar surface area (TPSA) is 144 Å². The van der Waals surface area contributed by atoms with E-state index in [2.05, 4.69) is 26.5 Å². The molecule has 2 aromatic rings. The summed E-state index contributed by atoms with van der Waals surface area (Å²) in [6.07, 6.45) is 1.30. The van der Waals surface area contributed by atoms with Crippen LogP contribution in [0.4, 0.5) is 0 Å². The van der Waals surface area contributed by atoms with Gasteiger partial charge in [0, 0.05) is 4.47 Å².